The zero-order valence-electron chi connectivity index (χ0n) is 15.0. The summed E-state index contributed by atoms with van der Waals surface area (Å²) in [6, 6.07) is 0. The second kappa shape index (κ2) is 18.2. The summed E-state index contributed by atoms with van der Waals surface area (Å²) in [4.78, 5) is 0. The fourth-order valence-corrected chi connectivity index (χ4v) is 2.55. The van der Waals surface area contributed by atoms with E-state index < -0.39 is 10.4 Å². The molecular weight excluding hydrogens is 316 g/mol. The van der Waals surface area contributed by atoms with Gasteiger partial charge in [0.1, 0.15) is 0 Å². The molecule has 0 aliphatic heterocycles. The van der Waals surface area contributed by atoms with Gasteiger partial charge in [-0.1, -0.05) is 90.9 Å². The molecule has 0 rings (SSSR count). The molecule has 0 saturated heterocycles. The summed E-state index contributed by atoms with van der Waals surface area (Å²) in [5, 5.41) is 8.73. The van der Waals surface area contributed by atoms with Crippen LogP contribution in [0.3, 0.4) is 0 Å². The number of aliphatic hydroxyl groups is 1. The lowest BCUT2D eigenvalue weighted by Crippen LogP contribution is -1.96. The van der Waals surface area contributed by atoms with E-state index >= 15 is 0 Å². The van der Waals surface area contributed by atoms with E-state index in [-0.39, 0.29) is 0 Å². The average Bonchev–Trinajstić information content (AvgIpc) is 2.44. The van der Waals surface area contributed by atoms with Gasteiger partial charge in [0.15, 0.2) is 0 Å². The highest BCUT2D eigenvalue weighted by atomic mass is 32.3. The SMILES string of the molecule is CCCCCCCCCCCC(C)CCCCO.O=S(=O)(O)O. The van der Waals surface area contributed by atoms with Crippen molar-refractivity contribution in [2.24, 2.45) is 5.92 Å². The zero-order valence-corrected chi connectivity index (χ0v) is 15.9. The zero-order chi connectivity index (χ0) is 18.0. The molecule has 0 heterocycles. The van der Waals surface area contributed by atoms with Gasteiger partial charge in [-0.2, -0.15) is 8.42 Å². The maximum absolute atomic E-state index is 8.74. The molecule has 0 amide bonds. The number of aliphatic hydroxyl groups excluding tert-OH is 1. The Bertz CT molecular complexity index is 309. The number of rotatable bonds is 14. The molecular formula is C17H38O5S. The summed E-state index contributed by atoms with van der Waals surface area (Å²) in [6.07, 6.45) is 17.7. The number of hydrogen-bond acceptors (Lipinski definition) is 3. The summed E-state index contributed by atoms with van der Waals surface area (Å²) in [7, 11) is -4.67. The van der Waals surface area contributed by atoms with E-state index in [4.69, 9.17) is 22.6 Å². The largest absolute Gasteiger partial charge is 0.396 e. The topological polar surface area (TPSA) is 94.8 Å². The molecule has 0 aliphatic rings. The van der Waals surface area contributed by atoms with Crippen LogP contribution in [0.25, 0.3) is 0 Å². The minimum Gasteiger partial charge on any atom is -0.396 e. The van der Waals surface area contributed by atoms with Crippen molar-refractivity contribution in [1.82, 2.24) is 0 Å². The Balaban J connectivity index is 0. The van der Waals surface area contributed by atoms with E-state index in [1.807, 2.05) is 0 Å². The molecule has 0 spiro atoms. The first-order valence-electron chi connectivity index (χ1n) is 9.12. The van der Waals surface area contributed by atoms with Gasteiger partial charge in [0.25, 0.3) is 0 Å². The van der Waals surface area contributed by atoms with Crippen LogP contribution in [0.1, 0.15) is 97.3 Å². The quantitative estimate of drug-likeness (QED) is 0.299. The highest BCUT2D eigenvalue weighted by Gasteiger charge is 2.01. The molecule has 5 nitrogen and oxygen atoms in total. The lowest BCUT2D eigenvalue weighted by Gasteiger charge is -2.10. The lowest BCUT2D eigenvalue weighted by atomic mass is 9.97. The molecule has 142 valence electrons. The fraction of sp³-hybridized carbons (Fsp3) is 1.00. The maximum Gasteiger partial charge on any atom is 0.394 e. The molecule has 0 saturated carbocycles. The van der Waals surface area contributed by atoms with Crippen LogP contribution in [0, 0.1) is 5.92 Å². The highest BCUT2D eigenvalue weighted by Crippen LogP contribution is 2.17. The summed E-state index contributed by atoms with van der Waals surface area (Å²) in [6.45, 7) is 5.01. The first kappa shape index (κ1) is 25.1. The molecule has 0 aliphatic carbocycles. The lowest BCUT2D eigenvalue weighted by molar-refractivity contribution is 0.277. The number of hydrogen-bond donors (Lipinski definition) is 3. The van der Waals surface area contributed by atoms with E-state index in [2.05, 4.69) is 13.8 Å². The van der Waals surface area contributed by atoms with Gasteiger partial charge in [-0.3, -0.25) is 9.11 Å². The van der Waals surface area contributed by atoms with E-state index in [0.717, 1.165) is 12.3 Å². The minimum absolute atomic E-state index is 0.366. The van der Waals surface area contributed by atoms with Crippen LogP contribution in [0.2, 0.25) is 0 Å². The maximum atomic E-state index is 8.74. The Hall–Kier alpha value is -0.170. The van der Waals surface area contributed by atoms with E-state index in [9.17, 15) is 0 Å². The van der Waals surface area contributed by atoms with Crippen LogP contribution in [-0.2, 0) is 10.4 Å². The second-order valence-electron chi connectivity index (χ2n) is 6.39. The van der Waals surface area contributed by atoms with Gasteiger partial charge in [0, 0.05) is 6.61 Å². The van der Waals surface area contributed by atoms with E-state index in [1.54, 1.807) is 0 Å². The van der Waals surface area contributed by atoms with Gasteiger partial charge in [0.2, 0.25) is 0 Å². The van der Waals surface area contributed by atoms with Crippen molar-refractivity contribution in [1.29, 1.82) is 0 Å². The fourth-order valence-electron chi connectivity index (χ4n) is 2.55. The van der Waals surface area contributed by atoms with Crippen molar-refractivity contribution in [3.63, 3.8) is 0 Å². The average molecular weight is 355 g/mol. The van der Waals surface area contributed by atoms with Crippen molar-refractivity contribution in [2.45, 2.75) is 97.3 Å². The van der Waals surface area contributed by atoms with Gasteiger partial charge in [0.05, 0.1) is 0 Å². The molecule has 6 heteroatoms. The summed E-state index contributed by atoms with van der Waals surface area (Å²) >= 11 is 0. The Morgan fingerprint density at radius 3 is 1.48 bits per heavy atom. The number of unbranched alkanes of at least 4 members (excludes halogenated alkanes) is 9. The van der Waals surface area contributed by atoms with Gasteiger partial charge >= 0.3 is 10.4 Å². The summed E-state index contributed by atoms with van der Waals surface area (Å²) < 4.78 is 31.6. The molecule has 0 aromatic carbocycles. The molecule has 0 fully saturated rings. The first-order chi connectivity index (χ1) is 10.8. The van der Waals surface area contributed by atoms with Gasteiger partial charge in [-0.15, -0.1) is 0 Å². The van der Waals surface area contributed by atoms with Crippen LogP contribution in [-0.4, -0.2) is 29.2 Å². The van der Waals surface area contributed by atoms with Gasteiger partial charge in [-0.05, 0) is 12.3 Å². The van der Waals surface area contributed by atoms with Crippen LogP contribution < -0.4 is 0 Å². The first-order valence-corrected chi connectivity index (χ1v) is 10.5. The smallest absolute Gasteiger partial charge is 0.394 e. The van der Waals surface area contributed by atoms with Crippen molar-refractivity contribution in [3.05, 3.63) is 0 Å². The second-order valence-corrected chi connectivity index (χ2v) is 7.29. The van der Waals surface area contributed by atoms with Gasteiger partial charge < -0.3 is 5.11 Å². The molecule has 1 unspecified atom stereocenters. The third-order valence-electron chi connectivity index (χ3n) is 3.91. The standard InChI is InChI=1S/C17H36O.H2O4S/c1-3-4-5-6-7-8-9-10-11-14-17(2)15-12-13-16-18;1-5(2,3)4/h17-18H,3-16H2,1-2H3;(H2,1,2,3,4). The molecule has 1 atom stereocenters. The summed E-state index contributed by atoms with van der Waals surface area (Å²) in [5.41, 5.74) is 0. The molecule has 0 radical (unpaired) electrons. The Morgan fingerprint density at radius 2 is 1.09 bits per heavy atom. The van der Waals surface area contributed by atoms with Crippen molar-refractivity contribution >= 4 is 10.4 Å². The Morgan fingerprint density at radius 1 is 0.739 bits per heavy atom. The molecule has 0 bridgehead atoms. The predicted octanol–water partition coefficient (Wildman–Crippen LogP) is 5.05. The third-order valence-corrected chi connectivity index (χ3v) is 3.91. The normalized spacial score (nSPS) is 12.6. The van der Waals surface area contributed by atoms with Crippen molar-refractivity contribution in [3.8, 4) is 0 Å². The monoisotopic (exact) mass is 354 g/mol. The molecule has 3 N–H and O–H groups in total. The van der Waals surface area contributed by atoms with Gasteiger partial charge in [-0.25, -0.2) is 0 Å². The third kappa shape index (κ3) is 34.3. The van der Waals surface area contributed by atoms with Crippen molar-refractivity contribution in [2.75, 3.05) is 6.61 Å². The minimum atomic E-state index is -4.67. The molecule has 0 aromatic heterocycles. The Labute approximate surface area is 143 Å². The molecule has 23 heavy (non-hydrogen) atoms. The van der Waals surface area contributed by atoms with Crippen molar-refractivity contribution < 1.29 is 22.6 Å². The Kier molecular flexibility index (Phi) is 19.8. The van der Waals surface area contributed by atoms with Crippen LogP contribution >= 0.6 is 0 Å². The predicted molar refractivity (Wildman–Crippen MR) is 96.1 cm³/mol. The summed E-state index contributed by atoms with van der Waals surface area (Å²) in [5.74, 6) is 0.862. The highest BCUT2D eigenvalue weighted by molar-refractivity contribution is 7.79. The van der Waals surface area contributed by atoms with E-state index in [1.165, 1.54) is 77.0 Å². The van der Waals surface area contributed by atoms with Crippen LogP contribution in [0.15, 0.2) is 0 Å². The molecule has 0 aromatic rings. The van der Waals surface area contributed by atoms with E-state index in [0.29, 0.717) is 6.61 Å². The van der Waals surface area contributed by atoms with Crippen LogP contribution in [0.4, 0.5) is 0 Å². The van der Waals surface area contributed by atoms with Crippen LogP contribution in [0.5, 0.6) is 0 Å².